The van der Waals surface area contributed by atoms with Gasteiger partial charge in [0, 0.05) is 5.56 Å². The first-order valence-electron chi connectivity index (χ1n) is 6.94. The summed E-state index contributed by atoms with van der Waals surface area (Å²) in [4.78, 5) is 11.7. The lowest BCUT2D eigenvalue weighted by molar-refractivity contribution is -0.123. The van der Waals surface area contributed by atoms with Crippen LogP contribution in [0.4, 0.5) is 0 Å². The fraction of sp³-hybridized carbons (Fsp3) is 0.125. The van der Waals surface area contributed by atoms with E-state index in [0.29, 0.717) is 16.0 Å². The van der Waals surface area contributed by atoms with Gasteiger partial charge in [-0.3, -0.25) is 4.79 Å². The number of phenolic OH excluding ortho intramolecular Hbond substituents is 3. The first-order valence-corrected chi connectivity index (χ1v) is 7.73. The molecule has 0 unspecified atom stereocenters. The number of aromatic hydroxyl groups is 3. The van der Waals surface area contributed by atoms with Gasteiger partial charge in [-0.2, -0.15) is 5.10 Å². The summed E-state index contributed by atoms with van der Waals surface area (Å²) in [6, 6.07) is 7.55. The van der Waals surface area contributed by atoms with Crippen LogP contribution in [0.3, 0.4) is 0 Å². The summed E-state index contributed by atoms with van der Waals surface area (Å²) in [6.45, 7) is -0.283. The molecule has 0 bridgehead atoms. The van der Waals surface area contributed by atoms with Gasteiger partial charge in [0.15, 0.2) is 18.1 Å². The number of hydrogen-bond acceptors (Lipinski definition) is 7. The quantitative estimate of drug-likeness (QED) is 0.328. The average Bonchev–Trinajstić information content (AvgIpc) is 2.60. The molecule has 8 nitrogen and oxygen atoms in total. The Hall–Kier alpha value is -2.94. The monoisotopic (exact) mass is 410 g/mol. The number of ether oxygens (including phenoxy) is 2. The molecule has 0 aliphatic rings. The Morgan fingerprint density at radius 2 is 2.00 bits per heavy atom. The molecule has 0 saturated heterocycles. The number of hydrazone groups is 1. The number of rotatable bonds is 6. The van der Waals surface area contributed by atoms with Gasteiger partial charge in [0.05, 0.1) is 17.8 Å². The summed E-state index contributed by atoms with van der Waals surface area (Å²) in [7, 11) is 1.54. The summed E-state index contributed by atoms with van der Waals surface area (Å²) >= 11 is 3.30. The molecule has 9 heteroatoms. The maximum Gasteiger partial charge on any atom is 0.277 e. The van der Waals surface area contributed by atoms with Crippen LogP contribution in [-0.2, 0) is 4.79 Å². The smallest absolute Gasteiger partial charge is 0.277 e. The highest BCUT2D eigenvalue weighted by molar-refractivity contribution is 9.10. The lowest BCUT2D eigenvalue weighted by Crippen LogP contribution is -2.24. The Balaban J connectivity index is 1.90. The highest BCUT2D eigenvalue weighted by Crippen LogP contribution is 2.36. The zero-order valence-electron chi connectivity index (χ0n) is 13.1. The van der Waals surface area contributed by atoms with E-state index in [2.05, 4.69) is 26.5 Å². The van der Waals surface area contributed by atoms with Crippen molar-refractivity contribution in [3.05, 3.63) is 40.4 Å². The lowest BCUT2D eigenvalue weighted by Gasteiger charge is -2.08. The minimum atomic E-state index is -0.664. The molecule has 0 aromatic heterocycles. The molecule has 2 aromatic rings. The molecule has 2 aromatic carbocycles. The Labute approximate surface area is 151 Å². The first-order chi connectivity index (χ1) is 11.9. The maximum atomic E-state index is 11.7. The molecule has 0 fully saturated rings. The Bertz CT molecular complexity index is 809. The molecule has 0 spiro atoms. The fourth-order valence-electron chi connectivity index (χ4n) is 1.76. The van der Waals surface area contributed by atoms with Crippen LogP contribution in [-0.4, -0.2) is 41.2 Å². The van der Waals surface area contributed by atoms with E-state index in [1.807, 2.05) is 0 Å². The van der Waals surface area contributed by atoms with Crippen LogP contribution < -0.4 is 14.9 Å². The summed E-state index contributed by atoms with van der Waals surface area (Å²) in [5.74, 6) is -1.09. The third-order valence-electron chi connectivity index (χ3n) is 3.05. The van der Waals surface area contributed by atoms with Gasteiger partial charge in [-0.05, 0) is 46.3 Å². The van der Waals surface area contributed by atoms with Crippen molar-refractivity contribution in [3.63, 3.8) is 0 Å². The van der Waals surface area contributed by atoms with Crippen molar-refractivity contribution in [1.82, 2.24) is 5.43 Å². The van der Waals surface area contributed by atoms with Crippen molar-refractivity contribution < 1.29 is 29.6 Å². The van der Waals surface area contributed by atoms with Crippen molar-refractivity contribution in [2.24, 2.45) is 5.10 Å². The number of carbonyl (C=O) groups excluding carboxylic acids is 1. The number of hydrogen-bond donors (Lipinski definition) is 4. The van der Waals surface area contributed by atoms with E-state index in [4.69, 9.17) is 9.47 Å². The number of phenols is 3. The van der Waals surface area contributed by atoms with Gasteiger partial charge in [0.25, 0.3) is 5.91 Å². The number of methoxy groups -OCH3 is 1. The molecule has 0 heterocycles. The summed E-state index contributed by atoms with van der Waals surface area (Å²) in [6.07, 6.45) is 1.12. The van der Waals surface area contributed by atoms with Crippen molar-refractivity contribution >= 4 is 28.1 Å². The molecular weight excluding hydrogens is 396 g/mol. The minimum absolute atomic E-state index is 0.120. The van der Waals surface area contributed by atoms with E-state index < -0.39 is 23.2 Å². The molecule has 1 amide bonds. The molecule has 4 N–H and O–H groups in total. The highest BCUT2D eigenvalue weighted by Gasteiger charge is 2.10. The van der Waals surface area contributed by atoms with Crippen LogP contribution in [0.2, 0.25) is 0 Å². The Kier molecular flexibility index (Phi) is 6.07. The van der Waals surface area contributed by atoms with Crippen LogP contribution in [0.1, 0.15) is 5.56 Å². The number of carbonyl (C=O) groups is 1. The van der Waals surface area contributed by atoms with Gasteiger partial charge in [-0.1, -0.05) is 0 Å². The van der Waals surface area contributed by atoms with Gasteiger partial charge in [-0.15, -0.1) is 0 Å². The van der Waals surface area contributed by atoms with E-state index in [0.717, 1.165) is 6.21 Å². The number of benzene rings is 2. The number of amides is 1. The molecule has 25 heavy (non-hydrogen) atoms. The van der Waals surface area contributed by atoms with Gasteiger partial charge in [-0.25, -0.2) is 5.43 Å². The van der Waals surface area contributed by atoms with Crippen LogP contribution in [0.5, 0.6) is 28.7 Å². The second-order valence-electron chi connectivity index (χ2n) is 4.75. The molecule has 0 radical (unpaired) electrons. The minimum Gasteiger partial charge on any atom is -0.504 e. The van der Waals surface area contributed by atoms with E-state index in [-0.39, 0.29) is 12.2 Å². The van der Waals surface area contributed by atoms with Crippen LogP contribution in [0.25, 0.3) is 0 Å². The predicted molar refractivity (Wildman–Crippen MR) is 93.4 cm³/mol. The molecular formula is C16H15BrN2O6. The average molecular weight is 411 g/mol. The highest BCUT2D eigenvalue weighted by atomic mass is 79.9. The number of nitrogens with one attached hydrogen (secondary N) is 1. The van der Waals surface area contributed by atoms with Gasteiger partial charge in [0.2, 0.25) is 5.75 Å². The number of halogens is 1. The Morgan fingerprint density at radius 3 is 2.68 bits per heavy atom. The first kappa shape index (κ1) is 18.4. The molecule has 2 rings (SSSR count). The van der Waals surface area contributed by atoms with E-state index in [1.165, 1.54) is 12.1 Å². The summed E-state index contributed by atoms with van der Waals surface area (Å²) in [5.41, 5.74) is 2.33. The second kappa shape index (κ2) is 8.25. The van der Waals surface area contributed by atoms with Crippen molar-refractivity contribution in [2.75, 3.05) is 13.7 Å². The molecule has 0 aliphatic heterocycles. The van der Waals surface area contributed by atoms with E-state index >= 15 is 0 Å². The van der Waals surface area contributed by atoms with Gasteiger partial charge >= 0.3 is 0 Å². The third-order valence-corrected chi connectivity index (χ3v) is 3.67. The van der Waals surface area contributed by atoms with Crippen molar-refractivity contribution in [3.8, 4) is 28.7 Å². The number of nitrogens with zero attached hydrogens (tertiary/aromatic N) is 1. The normalized spacial score (nSPS) is 10.6. The standard InChI is InChI=1S/C16H15BrN2O6/c1-24-10-3-5-13(11(17)6-10)25-8-14(21)19-18-7-9-2-4-12(20)16(23)15(9)22/h2-7,20,22-23H,8H2,1H3,(H,19,21)/b18-7+. The van der Waals surface area contributed by atoms with E-state index in [1.54, 1.807) is 25.3 Å². The zero-order chi connectivity index (χ0) is 18.4. The Morgan fingerprint density at radius 1 is 1.24 bits per heavy atom. The zero-order valence-corrected chi connectivity index (χ0v) is 14.6. The topological polar surface area (TPSA) is 121 Å². The predicted octanol–water partition coefficient (Wildman–Crippen LogP) is 2.10. The summed E-state index contributed by atoms with van der Waals surface area (Å²) in [5, 5.41) is 31.9. The van der Waals surface area contributed by atoms with Crippen LogP contribution >= 0.6 is 15.9 Å². The van der Waals surface area contributed by atoms with Crippen LogP contribution in [0.15, 0.2) is 39.9 Å². The van der Waals surface area contributed by atoms with Gasteiger partial charge in [0.1, 0.15) is 11.5 Å². The SMILES string of the molecule is COc1ccc(OCC(=O)N/N=C/c2ccc(O)c(O)c2O)c(Br)c1. The molecule has 0 atom stereocenters. The third kappa shape index (κ3) is 4.77. The molecule has 132 valence electrons. The maximum absolute atomic E-state index is 11.7. The largest absolute Gasteiger partial charge is 0.504 e. The fourth-order valence-corrected chi connectivity index (χ4v) is 2.24. The van der Waals surface area contributed by atoms with Crippen LogP contribution in [0, 0.1) is 0 Å². The van der Waals surface area contributed by atoms with Crippen molar-refractivity contribution in [1.29, 1.82) is 0 Å². The van der Waals surface area contributed by atoms with Crippen molar-refractivity contribution in [2.45, 2.75) is 0 Å². The van der Waals surface area contributed by atoms with Gasteiger partial charge < -0.3 is 24.8 Å². The summed E-state index contributed by atoms with van der Waals surface area (Å²) < 4.78 is 11.0. The molecule has 0 aliphatic carbocycles. The second-order valence-corrected chi connectivity index (χ2v) is 5.60. The van der Waals surface area contributed by atoms with E-state index in [9.17, 15) is 20.1 Å². The lowest BCUT2D eigenvalue weighted by atomic mass is 10.2. The molecule has 0 saturated carbocycles.